The molecule has 1 unspecified atom stereocenters. The van der Waals surface area contributed by atoms with Gasteiger partial charge < -0.3 is 18.8 Å². The van der Waals surface area contributed by atoms with E-state index in [1.54, 1.807) is 11.8 Å². The molecule has 2 aliphatic carbocycles. The first kappa shape index (κ1) is 40.6. The number of hydrogen-bond acceptors (Lipinski definition) is 5. The highest BCUT2D eigenvalue weighted by atomic mass is 35.5. The quantitative estimate of drug-likeness (QED) is 0.166. The van der Waals surface area contributed by atoms with Gasteiger partial charge in [-0.1, -0.05) is 163 Å². The maximum absolute atomic E-state index is 7.00. The number of ether oxygens (including phenoxy) is 2. The third-order valence-electron chi connectivity index (χ3n) is 14.9. The van der Waals surface area contributed by atoms with Crippen molar-refractivity contribution in [2.45, 2.75) is 27.5 Å². The second-order valence-corrected chi connectivity index (χ2v) is 20.3. The molecule has 4 nitrogen and oxygen atoms in total. The summed E-state index contributed by atoms with van der Waals surface area (Å²) in [6, 6.07) is 75.9. The number of benzene rings is 10. The maximum Gasteiger partial charge on any atom is 0.143 e. The summed E-state index contributed by atoms with van der Waals surface area (Å²) in [5, 5.41) is 2.74. The number of hydrogen-bond donors (Lipinski definition) is 0. The second kappa shape index (κ2) is 15.6. The van der Waals surface area contributed by atoms with Gasteiger partial charge in [-0.2, -0.15) is 0 Å². The van der Waals surface area contributed by atoms with Gasteiger partial charge in [-0.05, 0) is 130 Å². The smallest absolute Gasteiger partial charge is 0.143 e. The van der Waals surface area contributed by atoms with Gasteiger partial charge >= 0.3 is 0 Å². The fraction of sp³-hybridized carbons (Fsp3) is 0.0462. The Morgan fingerprint density at radius 2 is 1.17 bits per heavy atom. The summed E-state index contributed by atoms with van der Waals surface area (Å²) in [5.74, 6) is 3.51. The topological polar surface area (TPSA) is 34.8 Å². The van der Waals surface area contributed by atoms with E-state index in [0.717, 1.165) is 100 Å². The molecule has 1 aromatic heterocycles. The van der Waals surface area contributed by atoms with E-state index in [1.807, 2.05) is 30.3 Å². The average Bonchev–Trinajstić information content (AvgIpc) is 4.09. The van der Waals surface area contributed by atoms with Crippen LogP contribution in [0.3, 0.4) is 0 Å². The highest BCUT2D eigenvalue weighted by Crippen LogP contribution is 2.63. The normalized spacial score (nSPS) is 15.0. The maximum atomic E-state index is 7.00. The molecule has 4 aliphatic rings. The van der Waals surface area contributed by atoms with Gasteiger partial charge in [0.05, 0.1) is 15.2 Å². The second-order valence-electron chi connectivity index (χ2n) is 18.8. The number of halogens is 1. The average molecular weight is 951 g/mol. The highest BCUT2D eigenvalue weighted by Gasteiger charge is 2.51. The molecule has 0 bridgehead atoms. The molecule has 11 aromatic rings. The molecular weight excluding hydrogens is 910 g/mol. The van der Waals surface area contributed by atoms with E-state index in [-0.39, 0.29) is 5.92 Å². The van der Waals surface area contributed by atoms with Gasteiger partial charge in [0, 0.05) is 61.0 Å². The Morgan fingerprint density at radius 1 is 0.493 bits per heavy atom. The molecule has 3 heterocycles. The molecule has 1 spiro atoms. The van der Waals surface area contributed by atoms with Gasteiger partial charge in [0.2, 0.25) is 0 Å². The summed E-state index contributed by atoms with van der Waals surface area (Å²) in [6.45, 7) is 0. The zero-order valence-electron chi connectivity index (χ0n) is 38.1. The molecule has 0 saturated carbocycles. The van der Waals surface area contributed by atoms with Gasteiger partial charge in [0.1, 0.15) is 34.2 Å². The SMILES string of the molecule is Clc1ccc2c(c1)C1(c3cc(N(c4ccc5c(c4)C(Cc4ccccc4)C=C5)c4cc(-c5cccc6c5Sc5ccccc5O6)c5oc6ccccc6c5c4)ccc3O2)c2ccccc2-c2ccccc21. The number of furan rings is 1. The molecule has 0 fully saturated rings. The Bertz CT molecular complexity index is 4020. The fourth-order valence-electron chi connectivity index (χ4n) is 11.9. The highest BCUT2D eigenvalue weighted by molar-refractivity contribution is 7.99. The zero-order valence-corrected chi connectivity index (χ0v) is 39.7. The molecule has 2 aliphatic heterocycles. The summed E-state index contributed by atoms with van der Waals surface area (Å²) < 4.78 is 20.5. The van der Waals surface area contributed by atoms with Crippen LogP contribution < -0.4 is 14.4 Å². The van der Waals surface area contributed by atoms with Crippen LogP contribution in [0.2, 0.25) is 5.02 Å². The standard InChI is InChI=1S/C65H40ClNO3S/c66-42-28-31-58-55(34-42)65(53-19-7-4-15-46(53)47-16-5-8-20-54(47)65)56-38-44(30-32-59(56)68-58)67(43-29-27-40-25-26-41(50(40)35-43)33-39-13-2-1-3-14-39)45-36-51-48-17-6-9-21-57(48)70-63(51)52(37-45)49-18-12-23-61-64(49)71-62-24-11-10-22-60(62)69-61/h1-32,34-38,41H,33H2. The van der Waals surface area contributed by atoms with Crippen molar-refractivity contribution in [3.63, 3.8) is 0 Å². The molecule has 0 radical (unpaired) electrons. The Balaban J connectivity index is 0.999. The molecular formula is C65H40ClNO3S. The Hall–Kier alpha value is -8.22. The fourth-order valence-corrected chi connectivity index (χ4v) is 13.1. The third-order valence-corrected chi connectivity index (χ3v) is 16.4. The van der Waals surface area contributed by atoms with Crippen molar-refractivity contribution < 1.29 is 13.9 Å². The van der Waals surface area contributed by atoms with Crippen LogP contribution in [0, 0.1) is 0 Å². The van der Waals surface area contributed by atoms with Crippen molar-refractivity contribution in [2.24, 2.45) is 0 Å². The summed E-state index contributed by atoms with van der Waals surface area (Å²) in [5.41, 5.74) is 16.7. The Morgan fingerprint density at radius 3 is 2.03 bits per heavy atom. The van der Waals surface area contributed by atoms with E-state index in [4.69, 9.17) is 25.5 Å². The lowest BCUT2D eigenvalue weighted by atomic mass is 9.66. The van der Waals surface area contributed by atoms with Crippen LogP contribution in [-0.2, 0) is 11.8 Å². The van der Waals surface area contributed by atoms with Gasteiger partial charge in [0.25, 0.3) is 0 Å². The van der Waals surface area contributed by atoms with Crippen molar-refractivity contribution in [3.05, 3.63) is 262 Å². The molecule has 10 aromatic carbocycles. The lowest BCUT2D eigenvalue weighted by Crippen LogP contribution is -2.32. The molecule has 15 rings (SSSR count). The van der Waals surface area contributed by atoms with Gasteiger partial charge in [-0.25, -0.2) is 0 Å². The monoisotopic (exact) mass is 949 g/mol. The van der Waals surface area contributed by atoms with Crippen LogP contribution in [0.15, 0.2) is 233 Å². The lowest BCUT2D eigenvalue weighted by Gasteiger charge is -2.40. The predicted octanol–water partition coefficient (Wildman–Crippen LogP) is 18.5. The minimum Gasteiger partial charge on any atom is -0.457 e. The molecule has 6 heteroatoms. The van der Waals surface area contributed by atoms with Crippen molar-refractivity contribution in [1.29, 1.82) is 0 Å². The summed E-state index contributed by atoms with van der Waals surface area (Å²) >= 11 is 8.74. The van der Waals surface area contributed by atoms with E-state index in [2.05, 4.69) is 199 Å². The van der Waals surface area contributed by atoms with Crippen molar-refractivity contribution >= 4 is 68.4 Å². The largest absolute Gasteiger partial charge is 0.457 e. The van der Waals surface area contributed by atoms with Crippen molar-refractivity contribution in [3.8, 4) is 45.3 Å². The van der Waals surface area contributed by atoms with Crippen LogP contribution in [0.1, 0.15) is 44.9 Å². The lowest BCUT2D eigenvalue weighted by molar-refractivity contribution is 0.436. The summed E-state index contributed by atoms with van der Waals surface area (Å²) in [4.78, 5) is 4.56. The number of nitrogens with zero attached hydrogens (tertiary/aromatic N) is 1. The zero-order chi connectivity index (χ0) is 46.8. The molecule has 71 heavy (non-hydrogen) atoms. The van der Waals surface area contributed by atoms with Crippen LogP contribution >= 0.6 is 23.4 Å². The van der Waals surface area contributed by atoms with E-state index in [0.29, 0.717) is 5.02 Å². The van der Waals surface area contributed by atoms with E-state index >= 15 is 0 Å². The number of anilines is 3. The number of rotatable bonds is 6. The Kier molecular flexibility index (Phi) is 8.96. The first-order valence-corrected chi connectivity index (χ1v) is 25.3. The molecule has 0 N–H and O–H groups in total. The molecule has 336 valence electrons. The first-order chi connectivity index (χ1) is 35.1. The first-order valence-electron chi connectivity index (χ1n) is 24.1. The summed E-state index contributed by atoms with van der Waals surface area (Å²) in [7, 11) is 0. The van der Waals surface area contributed by atoms with Crippen LogP contribution in [0.4, 0.5) is 17.1 Å². The molecule has 0 amide bonds. The van der Waals surface area contributed by atoms with E-state index in [1.165, 1.54) is 38.9 Å². The minimum atomic E-state index is -0.724. The number of allylic oxidation sites excluding steroid dienone is 1. The van der Waals surface area contributed by atoms with Crippen molar-refractivity contribution in [1.82, 2.24) is 0 Å². The van der Waals surface area contributed by atoms with Crippen LogP contribution in [0.25, 0.3) is 50.3 Å². The summed E-state index contributed by atoms with van der Waals surface area (Å²) in [6.07, 6.45) is 5.56. The minimum absolute atomic E-state index is 0.216. The van der Waals surface area contributed by atoms with Crippen LogP contribution in [-0.4, -0.2) is 0 Å². The van der Waals surface area contributed by atoms with Gasteiger partial charge in [-0.15, -0.1) is 0 Å². The molecule has 0 saturated heterocycles. The Labute approximate surface area is 420 Å². The van der Waals surface area contributed by atoms with Gasteiger partial charge in [0.15, 0.2) is 0 Å². The predicted molar refractivity (Wildman–Crippen MR) is 289 cm³/mol. The van der Waals surface area contributed by atoms with E-state index in [9.17, 15) is 0 Å². The van der Waals surface area contributed by atoms with Crippen LogP contribution in [0.5, 0.6) is 23.0 Å². The number of para-hydroxylation sites is 2. The number of fused-ring (bicyclic) bond motifs is 15. The van der Waals surface area contributed by atoms with Crippen molar-refractivity contribution in [2.75, 3.05) is 4.90 Å². The van der Waals surface area contributed by atoms with E-state index < -0.39 is 5.41 Å². The third kappa shape index (κ3) is 6.13. The molecule has 1 atom stereocenters. The van der Waals surface area contributed by atoms with Gasteiger partial charge in [-0.3, -0.25) is 0 Å².